The second-order valence-electron chi connectivity index (χ2n) is 2.52. The molecular formula is C9H8N2O2. The van der Waals surface area contributed by atoms with Crippen LogP contribution in [0.5, 0.6) is 0 Å². The van der Waals surface area contributed by atoms with Gasteiger partial charge in [0.25, 0.3) is 0 Å². The molecule has 0 saturated heterocycles. The number of carboxylic acids is 1. The first-order valence-electron chi connectivity index (χ1n) is 3.80. The number of hydrogen-bond donors (Lipinski definition) is 1. The molecule has 4 heteroatoms. The largest absolute Gasteiger partial charge is 0.481 e. The van der Waals surface area contributed by atoms with Gasteiger partial charge < -0.3 is 5.11 Å². The number of hydrogen-bond acceptors (Lipinski definition) is 3. The molecule has 0 aliphatic carbocycles. The normalized spacial score (nSPS) is 9.15. The number of nitrogens with zero attached hydrogens (tertiary/aromatic N) is 2. The van der Waals surface area contributed by atoms with E-state index in [0.29, 0.717) is 17.8 Å². The van der Waals surface area contributed by atoms with Crippen LogP contribution in [0.25, 0.3) is 0 Å². The van der Waals surface area contributed by atoms with Gasteiger partial charge in [0.05, 0.1) is 6.42 Å². The lowest BCUT2D eigenvalue weighted by atomic mass is 10.2. The van der Waals surface area contributed by atoms with Crippen molar-refractivity contribution in [1.82, 2.24) is 4.98 Å². The molecule has 1 aromatic rings. The highest BCUT2D eigenvalue weighted by atomic mass is 16.4. The summed E-state index contributed by atoms with van der Waals surface area (Å²) in [6.07, 6.45) is 0.409. The first-order valence-corrected chi connectivity index (χ1v) is 3.80. The molecule has 0 unspecified atom stereocenters. The lowest BCUT2D eigenvalue weighted by Crippen LogP contribution is -1.99. The first-order chi connectivity index (χ1) is 6.22. The van der Waals surface area contributed by atoms with Crippen LogP contribution in [0.4, 0.5) is 0 Å². The number of pyridine rings is 1. The highest BCUT2D eigenvalue weighted by molar-refractivity contribution is 5.66. The Morgan fingerprint density at radius 3 is 3.00 bits per heavy atom. The minimum absolute atomic E-state index is 0.0435. The van der Waals surface area contributed by atoms with E-state index in [0.717, 1.165) is 0 Å². The third kappa shape index (κ3) is 2.91. The van der Waals surface area contributed by atoms with Crippen LogP contribution in [0.3, 0.4) is 0 Å². The molecule has 0 saturated carbocycles. The van der Waals surface area contributed by atoms with Gasteiger partial charge in [-0.3, -0.25) is 4.79 Å². The molecule has 0 radical (unpaired) electrons. The van der Waals surface area contributed by atoms with Gasteiger partial charge in [0.1, 0.15) is 11.8 Å². The fraction of sp³-hybridized carbons (Fsp3) is 0.222. The quantitative estimate of drug-likeness (QED) is 0.744. The summed E-state index contributed by atoms with van der Waals surface area (Å²) in [5.74, 6) is -0.857. The highest BCUT2D eigenvalue weighted by Gasteiger charge is 2.00. The third-order valence-corrected chi connectivity index (χ3v) is 1.52. The maximum absolute atomic E-state index is 10.2. The standard InChI is InChI=1S/C9H8N2O2/c10-6-8-3-1-2-7(11-8)4-5-9(12)13/h1-3H,4-5H2,(H,12,13). The van der Waals surface area contributed by atoms with Gasteiger partial charge in [-0.1, -0.05) is 6.07 Å². The van der Waals surface area contributed by atoms with Crippen LogP contribution in [-0.4, -0.2) is 16.1 Å². The molecular weight excluding hydrogens is 168 g/mol. The zero-order chi connectivity index (χ0) is 9.68. The molecule has 0 aromatic carbocycles. The third-order valence-electron chi connectivity index (χ3n) is 1.52. The van der Waals surface area contributed by atoms with Crippen molar-refractivity contribution < 1.29 is 9.90 Å². The molecule has 1 aromatic heterocycles. The lowest BCUT2D eigenvalue weighted by molar-refractivity contribution is -0.136. The van der Waals surface area contributed by atoms with E-state index in [1.54, 1.807) is 18.2 Å². The molecule has 0 amide bonds. The fourth-order valence-electron chi connectivity index (χ4n) is 0.916. The second kappa shape index (κ2) is 4.21. The Hall–Kier alpha value is -1.89. The van der Waals surface area contributed by atoms with Crippen molar-refractivity contribution in [3.63, 3.8) is 0 Å². The molecule has 0 bridgehead atoms. The van der Waals surface area contributed by atoms with Crippen LogP contribution in [0.2, 0.25) is 0 Å². The van der Waals surface area contributed by atoms with Crippen molar-refractivity contribution in [2.75, 3.05) is 0 Å². The Balaban J connectivity index is 2.68. The summed E-state index contributed by atoms with van der Waals surface area (Å²) in [5.41, 5.74) is 0.962. The number of rotatable bonds is 3. The smallest absolute Gasteiger partial charge is 0.303 e. The Bertz CT molecular complexity index is 355. The number of carboxylic acid groups (broad SMARTS) is 1. The zero-order valence-corrected chi connectivity index (χ0v) is 6.90. The fourth-order valence-corrected chi connectivity index (χ4v) is 0.916. The van der Waals surface area contributed by atoms with E-state index in [1.165, 1.54) is 0 Å². The summed E-state index contributed by atoms with van der Waals surface area (Å²) < 4.78 is 0. The van der Waals surface area contributed by atoms with E-state index >= 15 is 0 Å². The Morgan fingerprint density at radius 1 is 1.62 bits per heavy atom. The molecule has 1 N–H and O–H groups in total. The summed E-state index contributed by atoms with van der Waals surface area (Å²) >= 11 is 0. The maximum Gasteiger partial charge on any atom is 0.303 e. The lowest BCUT2D eigenvalue weighted by Gasteiger charge is -1.96. The molecule has 4 nitrogen and oxygen atoms in total. The van der Waals surface area contributed by atoms with Crippen LogP contribution in [0.15, 0.2) is 18.2 Å². The predicted molar refractivity (Wildman–Crippen MR) is 44.9 cm³/mol. The van der Waals surface area contributed by atoms with E-state index in [4.69, 9.17) is 10.4 Å². The summed E-state index contributed by atoms with van der Waals surface area (Å²) in [5, 5.41) is 16.9. The van der Waals surface area contributed by atoms with E-state index < -0.39 is 5.97 Å². The summed E-state index contributed by atoms with van der Waals surface area (Å²) in [4.78, 5) is 14.2. The zero-order valence-electron chi connectivity index (χ0n) is 6.90. The van der Waals surface area contributed by atoms with Crippen molar-refractivity contribution in [3.05, 3.63) is 29.6 Å². The van der Waals surface area contributed by atoms with Gasteiger partial charge in [0.15, 0.2) is 0 Å². The number of carbonyl (C=O) groups is 1. The summed E-state index contributed by atoms with van der Waals surface area (Å²) in [6.45, 7) is 0. The minimum Gasteiger partial charge on any atom is -0.481 e. The Labute approximate surface area is 75.5 Å². The van der Waals surface area contributed by atoms with Crippen LogP contribution in [-0.2, 0) is 11.2 Å². The van der Waals surface area contributed by atoms with E-state index in [2.05, 4.69) is 4.98 Å². The van der Waals surface area contributed by atoms with Gasteiger partial charge in [-0.2, -0.15) is 5.26 Å². The predicted octanol–water partition coefficient (Wildman–Crippen LogP) is 0.970. The molecule has 1 rings (SSSR count). The number of aromatic nitrogens is 1. The van der Waals surface area contributed by atoms with Crippen molar-refractivity contribution in [2.24, 2.45) is 0 Å². The van der Waals surface area contributed by atoms with Crippen molar-refractivity contribution in [3.8, 4) is 6.07 Å². The minimum atomic E-state index is -0.857. The van der Waals surface area contributed by atoms with Crippen molar-refractivity contribution in [2.45, 2.75) is 12.8 Å². The number of aliphatic carboxylic acids is 1. The topological polar surface area (TPSA) is 74.0 Å². The van der Waals surface area contributed by atoms with Gasteiger partial charge in [-0.25, -0.2) is 4.98 Å². The second-order valence-corrected chi connectivity index (χ2v) is 2.52. The molecule has 0 aliphatic rings. The highest BCUT2D eigenvalue weighted by Crippen LogP contribution is 2.01. The van der Waals surface area contributed by atoms with E-state index in [9.17, 15) is 4.79 Å². The van der Waals surface area contributed by atoms with E-state index in [1.807, 2.05) is 6.07 Å². The van der Waals surface area contributed by atoms with Gasteiger partial charge >= 0.3 is 5.97 Å². The van der Waals surface area contributed by atoms with Crippen LogP contribution in [0, 0.1) is 11.3 Å². The number of nitriles is 1. The monoisotopic (exact) mass is 176 g/mol. The molecule has 0 spiro atoms. The Kier molecular flexibility index (Phi) is 2.98. The van der Waals surface area contributed by atoms with E-state index in [-0.39, 0.29) is 6.42 Å². The first kappa shape index (κ1) is 9.20. The van der Waals surface area contributed by atoms with Gasteiger partial charge in [-0.15, -0.1) is 0 Å². The molecule has 66 valence electrons. The van der Waals surface area contributed by atoms with Gasteiger partial charge in [0.2, 0.25) is 0 Å². The molecule has 0 atom stereocenters. The maximum atomic E-state index is 10.2. The number of aryl methyl sites for hydroxylation is 1. The van der Waals surface area contributed by atoms with Crippen LogP contribution in [0.1, 0.15) is 17.8 Å². The molecule has 1 heterocycles. The Morgan fingerprint density at radius 2 is 2.38 bits per heavy atom. The van der Waals surface area contributed by atoms with Crippen LogP contribution < -0.4 is 0 Å². The van der Waals surface area contributed by atoms with Crippen molar-refractivity contribution in [1.29, 1.82) is 5.26 Å². The molecule has 0 aliphatic heterocycles. The summed E-state index contributed by atoms with van der Waals surface area (Å²) in [6, 6.07) is 6.89. The van der Waals surface area contributed by atoms with Gasteiger partial charge in [0, 0.05) is 12.1 Å². The molecule has 13 heavy (non-hydrogen) atoms. The van der Waals surface area contributed by atoms with Crippen molar-refractivity contribution >= 4 is 5.97 Å². The average Bonchev–Trinajstić information content (AvgIpc) is 2.15. The molecule has 0 fully saturated rings. The SMILES string of the molecule is N#Cc1cccc(CCC(=O)O)n1. The summed E-state index contributed by atoms with van der Waals surface area (Å²) in [7, 11) is 0. The van der Waals surface area contributed by atoms with Crippen LogP contribution >= 0.6 is 0 Å². The van der Waals surface area contributed by atoms with Gasteiger partial charge in [-0.05, 0) is 12.1 Å². The average molecular weight is 176 g/mol.